The van der Waals surface area contributed by atoms with Crippen LogP contribution in [0.15, 0.2) is 36.7 Å². The van der Waals surface area contributed by atoms with E-state index in [0.717, 1.165) is 17.7 Å². The highest BCUT2D eigenvalue weighted by molar-refractivity contribution is 6.31. The Morgan fingerprint density at radius 2 is 2.17 bits per heavy atom. The van der Waals surface area contributed by atoms with Gasteiger partial charge in [-0.3, -0.25) is 9.78 Å². The summed E-state index contributed by atoms with van der Waals surface area (Å²) in [6, 6.07) is 5.46. The summed E-state index contributed by atoms with van der Waals surface area (Å²) in [5, 5.41) is 2.84. The van der Waals surface area contributed by atoms with Crippen molar-refractivity contribution in [3.8, 4) is 0 Å². The number of carbonyl (C=O) groups is 1. The maximum absolute atomic E-state index is 13.1. The van der Waals surface area contributed by atoms with Crippen molar-refractivity contribution < 1.29 is 9.18 Å². The number of aromatic nitrogens is 1. The number of pyridine rings is 1. The molecule has 5 heteroatoms. The molecule has 1 amide bonds. The monoisotopic (exact) mass is 264 g/mol. The van der Waals surface area contributed by atoms with E-state index in [4.69, 9.17) is 11.6 Å². The summed E-state index contributed by atoms with van der Waals surface area (Å²) >= 11 is 5.70. The smallest absolute Gasteiger partial charge is 0.255 e. The summed E-state index contributed by atoms with van der Waals surface area (Å²) in [7, 11) is 0. The van der Waals surface area contributed by atoms with E-state index in [2.05, 4.69) is 10.3 Å². The maximum Gasteiger partial charge on any atom is 0.255 e. The van der Waals surface area contributed by atoms with Crippen LogP contribution in [0.4, 0.5) is 10.1 Å². The van der Waals surface area contributed by atoms with E-state index in [1.54, 1.807) is 12.3 Å². The largest absolute Gasteiger partial charge is 0.320 e. The summed E-state index contributed by atoms with van der Waals surface area (Å²) < 4.78 is 13.1. The van der Waals surface area contributed by atoms with Crippen LogP contribution in [0.3, 0.4) is 0 Å². The third-order valence-corrected chi connectivity index (χ3v) is 2.63. The number of benzene rings is 1. The zero-order chi connectivity index (χ0) is 13.1. The summed E-state index contributed by atoms with van der Waals surface area (Å²) in [4.78, 5) is 15.8. The van der Waals surface area contributed by atoms with Gasteiger partial charge in [0.2, 0.25) is 0 Å². The summed E-state index contributed by atoms with van der Waals surface area (Å²) in [6.45, 7) is 1.84. The van der Waals surface area contributed by atoms with Gasteiger partial charge in [-0.1, -0.05) is 11.6 Å². The molecular weight excluding hydrogens is 255 g/mol. The van der Waals surface area contributed by atoms with Gasteiger partial charge >= 0.3 is 0 Å². The molecule has 0 aliphatic heterocycles. The number of nitrogens with one attached hydrogen (secondary N) is 1. The fourth-order valence-electron chi connectivity index (χ4n) is 1.47. The van der Waals surface area contributed by atoms with Gasteiger partial charge in [0, 0.05) is 16.8 Å². The molecule has 0 atom stereocenters. The van der Waals surface area contributed by atoms with E-state index in [1.165, 1.54) is 12.3 Å². The third-order valence-electron chi connectivity index (χ3n) is 2.41. The minimum atomic E-state index is -0.546. The van der Waals surface area contributed by atoms with E-state index in [0.29, 0.717) is 5.69 Å². The lowest BCUT2D eigenvalue weighted by Crippen LogP contribution is -2.13. The van der Waals surface area contributed by atoms with Gasteiger partial charge in [-0.25, -0.2) is 4.39 Å². The quantitative estimate of drug-likeness (QED) is 0.903. The van der Waals surface area contributed by atoms with Crippen molar-refractivity contribution in [2.45, 2.75) is 6.92 Å². The highest BCUT2D eigenvalue weighted by atomic mass is 35.5. The number of nitrogens with zero attached hydrogens (tertiary/aromatic N) is 1. The molecule has 1 heterocycles. The van der Waals surface area contributed by atoms with Crippen LogP contribution in [0.2, 0.25) is 5.02 Å². The lowest BCUT2D eigenvalue weighted by Gasteiger charge is -2.07. The zero-order valence-electron chi connectivity index (χ0n) is 9.58. The van der Waals surface area contributed by atoms with E-state index in [9.17, 15) is 9.18 Å². The second-order valence-electron chi connectivity index (χ2n) is 3.80. The average molecular weight is 265 g/mol. The fraction of sp³-hybridized carbons (Fsp3) is 0.0769. The van der Waals surface area contributed by atoms with Crippen LogP contribution in [-0.2, 0) is 0 Å². The Morgan fingerprint density at radius 1 is 1.39 bits per heavy atom. The van der Waals surface area contributed by atoms with Crippen molar-refractivity contribution >= 4 is 23.2 Å². The topological polar surface area (TPSA) is 42.0 Å². The minimum absolute atomic E-state index is 0.170. The fourth-order valence-corrected chi connectivity index (χ4v) is 1.70. The molecule has 0 saturated carbocycles. The zero-order valence-corrected chi connectivity index (χ0v) is 10.3. The first-order chi connectivity index (χ1) is 8.56. The van der Waals surface area contributed by atoms with Gasteiger partial charge in [0.1, 0.15) is 5.82 Å². The lowest BCUT2D eigenvalue weighted by molar-refractivity contribution is 0.102. The van der Waals surface area contributed by atoms with Gasteiger partial charge in [-0.15, -0.1) is 0 Å². The number of hydrogen-bond donors (Lipinski definition) is 1. The molecule has 0 radical (unpaired) electrons. The SMILES string of the molecule is Cc1ccncc1NC(=O)c1cc(F)cc(Cl)c1. The normalized spacial score (nSPS) is 10.2. The van der Waals surface area contributed by atoms with E-state index in [-0.39, 0.29) is 10.6 Å². The number of halogens is 2. The number of rotatable bonds is 2. The first kappa shape index (κ1) is 12.5. The van der Waals surface area contributed by atoms with Gasteiger partial charge in [0.15, 0.2) is 0 Å². The Balaban J connectivity index is 2.25. The van der Waals surface area contributed by atoms with E-state index in [1.807, 2.05) is 6.92 Å². The summed E-state index contributed by atoms with van der Waals surface area (Å²) in [5.74, 6) is -0.969. The Hall–Kier alpha value is -1.94. The summed E-state index contributed by atoms with van der Waals surface area (Å²) in [5.41, 5.74) is 1.63. The van der Waals surface area contributed by atoms with Crippen LogP contribution in [0.25, 0.3) is 0 Å². The molecule has 2 rings (SSSR count). The van der Waals surface area contributed by atoms with Crippen molar-refractivity contribution in [1.82, 2.24) is 4.98 Å². The van der Waals surface area contributed by atoms with Gasteiger partial charge in [-0.05, 0) is 36.8 Å². The standard InChI is InChI=1S/C13H10ClFN2O/c1-8-2-3-16-7-12(8)17-13(18)9-4-10(14)6-11(15)5-9/h2-7H,1H3,(H,17,18). The number of anilines is 1. The molecule has 92 valence electrons. The molecule has 0 spiro atoms. The number of aryl methyl sites for hydroxylation is 1. The van der Waals surface area contributed by atoms with Crippen molar-refractivity contribution in [1.29, 1.82) is 0 Å². The van der Waals surface area contributed by atoms with Gasteiger partial charge < -0.3 is 5.32 Å². The van der Waals surface area contributed by atoms with Crippen molar-refractivity contribution in [3.05, 3.63) is 58.6 Å². The van der Waals surface area contributed by atoms with E-state index < -0.39 is 11.7 Å². The first-order valence-electron chi connectivity index (χ1n) is 5.24. The second kappa shape index (κ2) is 5.14. The Labute approximate surface area is 109 Å². The highest BCUT2D eigenvalue weighted by Crippen LogP contribution is 2.17. The van der Waals surface area contributed by atoms with Crippen LogP contribution >= 0.6 is 11.6 Å². The maximum atomic E-state index is 13.1. The lowest BCUT2D eigenvalue weighted by atomic mass is 10.2. The molecule has 0 unspecified atom stereocenters. The predicted octanol–water partition coefficient (Wildman–Crippen LogP) is 3.43. The van der Waals surface area contributed by atoms with Crippen LogP contribution in [-0.4, -0.2) is 10.9 Å². The van der Waals surface area contributed by atoms with Crippen molar-refractivity contribution in [2.75, 3.05) is 5.32 Å². The average Bonchev–Trinajstić information content (AvgIpc) is 2.31. The van der Waals surface area contributed by atoms with Gasteiger partial charge in [0.25, 0.3) is 5.91 Å². The minimum Gasteiger partial charge on any atom is -0.320 e. The Bertz CT molecular complexity index is 581. The van der Waals surface area contributed by atoms with Crippen molar-refractivity contribution in [3.63, 3.8) is 0 Å². The molecule has 1 N–H and O–H groups in total. The second-order valence-corrected chi connectivity index (χ2v) is 4.24. The number of carbonyl (C=O) groups excluding carboxylic acids is 1. The molecule has 2 aromatic rings. The van der Waals surface area contributed by atoms with Crippen molar-refractivity contribution in [2.24, 2.45) is 0 Å². The molecule has 0 bridgehead atoms. The van der Waals surface area contributed by atoms with E-state index >= 15 is 0 Å². The molecule has 1 aromatic heterocycles. The van der Waals surface area contributed by atoms with Crippen LogP contribution in [0.1, 0.15) is 15.9 Å². The molecular formula is C13H10ClFN2O. The third kappa shape index (κ3) is 2.84. The van der Waals surface area contributed by atoms with Crippen LogP contribution in [0.5, 0.6) is 0 Å². The predicted molar refractivity (Wildman–Crippen MR) is 68.3 cm³/mol. The van der Waals surface area contributed by atoms with Crippen LogP contribution in [0, 0.1) is 12.7 Å². The molecule has 0 saturated heterocycles. The summed E-state index contributed by atoms with van der Waals surface area (Å²) in [6.07, 6.45) is 3.16. The number of amides is 1. The molecule has 1 aromatic carbocycles. The van der Waals surface area contributed by atoms with Gasteiger partial charge in [-0.2, -0.15) is 0 Å². The molecule has 0 aliphatic rings. The molecule has 0 aliphatic carbocycles. The molecule has 0 fully saturated rings. The molecule has 18 heavy (non-hydrogen) atoms. The first-order valence-corrected chi connectivity index (χ1v) is 5.62. The van der Waals surface area contributed by atoms with Crippen LogP contribution < -0.4 is 5.32 Å². The molecule has 3 nitrogen and oxygen atoms in total. The number of hydrogen-bond acceptors (Lipinski definition) is 2. The van der Waals surface area contributed by atoms with Gasteiger partial charge in [0.05, 0.1) is 11.9 Å². The highest BCUT2D eigenvalue weighted by Gasteiger charge is 2.10. The Morgan fingerprint density at radius 3 is 2.83 bits per heavy atom. The Kier molecular flexibility index (Phi) is 3.58.